The van der Waals surface area contributed by atoms with Crippen LogP contribution in [-0.4, -0.2) is 4.98 Å². The van der Waals surface area contributed by atoms with E-state index in [0.29, 0.717) is 0 Å². The Morgan fingerprint density at radius 2 is 1.10 bits per heavy atom. The van der Waals surface area contributed by atoms with Crippen LogP contribution in [0, 0.1) is 0 Å². The highest BCUT2D eigenvalue weighted by Crippen LogP contribution is 2.48. The number of hydrogen-bond acceptors (Lipinski definition) is 1. The molecule has 0 aliphatic rings. The van der Waals surface area contributed by atoms with Crippen molar-refractivity contribution in [1.29, 1.82) is 0 Å². The number of aromatic nitrogens is 1. The van der Waals surface area contributed by atoms with Crippen molar-refractivity contribution in [3.8, 4) is 33.4 Å². The van der Waals surface area contributed by atoms with Gasteiger partial charge in [0.25, 0.3) is 0 Å². The largest absolute Gasteiger partial charge is 0.455 e. The average molecular weight is 644 g/mol. The molecule has 0 radical (unpaired) electrons. The predicted octanol–water partition coefficient (Wildman–Crippen LogP) is 13.8. The quantitative estimate of drug-likeness (QED) is 0.191. The average Bonchev–Trinajstić information content (AvgIpc) is 3.73. The third kappa shape index (κ3) is 3.78. The maximum atomic E-state index is 6.54. The van der Waals surface area contributed by atoms with Crippen LogP contribution in [0.15, 0.2) is 156 Å². The summed E-state index contributed by atoms with van der Waals surface area (Å²) >= 11 is 6.40. The molecule has 0 aliphatic carbocycles. The van der Waals surface area contributed by atoms with Gasteiger partial charge in [-0.05, 0) is 84.9 Å². The molecule has 0 saturated carbocycles. The normalized spacial score (nSPS) is 12.2. The topological polar surface area (TPSA) is 28.9 Å². The molecule has 3 heteroatoms. The summed E-state index contributed by atoms with van der Waals surface area (Å²) in [6, 6.07) is 54.4. The van der Waals surface area contributed by atoms with E-state index in [1.54, 1.807) is 0 Å². The van der Waals surface area contributed by atoms with Crippen molar-refractivity contribution in [2.75, 3.05) is 0 Å². The van der Waals surface area contributed by atoms with Gasteiger partial charge in [-0.3, -0.25) is 0 Å². The molecule has 0 spiro atoms. The first-order chi connectivity index (χ1) is 24.2. The van der Waals surface area contributed by atoms with E-state index in [1.807, 2.05) is 18.2 Å². The van der Waals surface area contributed by atoms with E-state index in [2.05, 4.69) is 138 Å². The highest BCUT2D eigenvalue weighted by Gasteiger charge is 2.21. The molecule has 0 fully saturated rings. The van der Waals surface area contributed by atoms with Crippen LogP contribution in [0.2, 0.25) is 5.02 Å². The highest BCUT2D eigenvalue weighted by molar-refractivity contribution is 6.32. The number of benzene rings is 9. The summed E-state index contributed by atoms with van der Waals surface area (Å²) in [6.07, 6.45) is 0. The van der Waals surface area contributed by atoms with Gasteiger partial charge in [-0.1, -0.05) is 133 Å². The second-order valence-electron chi connectivity index (χ2n) is 13.0. The van der Waals surface area contributed by atoms with Crippen molar-refractivity contribution in [2.45, 2.75) is 0 Å². The molecular formula is C46H26ClNO. The van der Waals surface area contributed by atoms with Crippen LogP contribution in [0.1, 0.15) is 0 Å². The van der Waals surface area contributed by atoms with Crippen LogP contribution >= 0.6 is 11.6 Å². The molecule has 9 aromatic carbocycles. The Labute approximate surface area is 286 Å². The Morgan fingerprint density at radius 3 is 1.98 bits per heavy atom. The summed E-state index contributed by atoms with van der Waals surface area (Å²) in [5.74, 6) is 0. The van der Waals surface area contributed by atoms with Crippen LogP contribution in [0.25, 0.3) is 109 Å². The summed E-state index contributed by atoms with van der Waals surface area (Å²) in [7, 11) is 0. The van der Waals surface area contributed by atoms with Gasteiger partial charge in [0, 0.05) is 43.2 Å². The Hall–Kier alpha value is -6.09. The van der Waals surface area contributed by atoms with Gasteiger partial charge in [0.05, 0.1) is 5.52 Å². The number of rotatable bonds is 3. The maximum Gasteiger partial charge on any atom is 0.143 e. The van der Waals surface area contributed by atoms with Crippen molar-refractivity contribution in [3.05, 3.63) is 157 Å². The van der Waals surface area contributed by atoms with Gasteiger partial charge in [-0.15, -0.1) is 0 Å². The van der Waals surface area contributed by atoms with Gasteiger partial charge in [-0.2, -0.15) is 0 Å². The predicted molar refractivity (Wildman–Crippen MR) is 208 cm³/mol. The molecule has 2 nitrogen and oxygen atoms in total. The Bertz CT molecular complexity index is 3110. The van der Waals surface area contributed by atoms with E-state index in [9.17, 15) is 0 Å². The Balaban J connectivity index is 1.27. The molecule has 1 N–H and O–H groups in total. The van der Waals surface area contributed by atoms with Gasteiger partial charge >= 0.3 is 0 Å². The van der Waals surface area contributed by atoms with Gasteiger partial charge < -0.3 is 9.40 Å². The molecule has 0 atom stereocenters. The van der Waals surface area contributed by atoms with Crippen molar-refractivity contribution in [2.24, 2.45) is 0 Å². The molecule has 0 amide bonds. The Kier molecular flexibility index (Phi) is 5.47. The number of hydrogen-bond donors (Lipinski definition) is 1. The molecule has 228 valence electrons. The first-order valence-corrected chi connectivity index (χ1v) is 17.0. The molecule has 0 unspecified atom stereocenters. The lowest BCUT2D eigenvalue weighted by atomic mass is 9.83. The summed E-state index contributed by atoms with van der Waals surface area (Å²) in [5.41, 5.74) is 11.1. The fraction of sp³-hybridized carbons (Fsp3) is 0. The fourth-order valence-electron chi connectivity index (χ4n) is 8.28. The van der Waals surface area contributed by atoms with E-state index in [0.717, 1.165) is 49.1 Å². The second-order valence-corrected chi connectivity index (χ2v) is 13.5. The monoisotopic (exact) mass is 643 g/mol. The lowest BCUT2D eigenvalue weighted by Crippen LogP contribution is -1.93. The van der Waals surface area contributed by atoms with E-state index < -0.39 is 0 Å². The summed E-state index contributed by atoms with van der Waals surface area (Å²) in [5, 5.41) is 12.9. The molecule has 0 aliphatic heterocycles. The molecule has 0 bridgehead atoms. The van der Waals surface area contributed by atoms with Gasteiger partial charge in [0.15, 0.2) is 0 Å². The molecule has 2 heterocycles. The van der Waals surface area contributed by atoms with Crippen molar-refractivity contribution < 1.29 is 4.42 Å². The molecule has 11 aromatic rings. The molecule has 2 aromatic heterocycles. The minimum absolute atomic E-state index is 0.730. The van der Waals surface area contributed by atoms with Crippen LogP contribution in [0.4, 0.5) is 0 Å². The minimum Gasteiger partial charge on any atom is -0.455 e. The number of furan rings is 1. The SMILES string of the molecule is Clc1ccc(-c2cc(-c3cccc4c3[nH]c3ccccc34)c3ccc4ccc(-c5cccc6c5oc5ccccc56)c5ccc2c3c45)cc1. The number of nitrogens with one attached hydrogen (secondary N) is 1. The first kappa shape index (κ1) is 26.9. The number of aromatic amines is 1. The lowest BCUT2D eigenvalue weighted by Gasteiger charge is -2.20. The van der Waals surface area contributed by atoms with E-state index in [1.165, 1.54) is 65.3 Å². The van der Waals surface area contributed by atoms with Crippen LogP contribution in [0.5, 0.6) is 0 Å². The lowest BCUT2D eigenvalue weighted by molar-refractivity contribution is 0.670. The zero-order chi connectivity index (χ0) is 32.2. The molecular weight excluding hydrogens is 618 g/mol. The van der Waals surface area contributed by atoms with Crippen molar-refractivity contribution in [3.63, 3.8) is 0 Å². The zero-order valence-electron chi connectivity index (χ0n) is 26.2. The van der Waals surface area contributed by atoms with Crippen molar-refractivity contribution >= 4 is 87.7 Å². The van der Waals surface area contributed by atoms with Gasteiger partial charge in [-0.25, -0.2) is 0 Å². The van der Waals surface area contributed by atoms with Crippen LogP contribution < -0.4 is 0 Å². The van der Waals surface area contributed by atoms with E-state index in [-0.39, 0.29) is 0 Å². The summed E-state index contributed by atoms with van der Waals surface area (Å²) in [6.45, 7) is 0. The van der Waals surface area contributed by atoms with Crippen molar-refractivity contribution in [1.82, 2.24) is 4.98 Å². The zero-order valence-corrected chi connectivity index (χ0v) is 27.0. The highest BCUT2D eigenvalue weighted by atomic mass is 35.5. The smallest absolute Gasteiger partial charge is 0.143 e. The number of fused-ring (bicyclic) bond motifs is 6. The summed E-state index contributed by atoms with van der Waals surface area (Å²) in [4.78, 5) is 3.77. The van der Waals surface area contributed by atoms with Gasteiger partial charge in [0.2, 0.25) is 0 Å². The third-order valence-electron chi connectivity index (χ3n) is 10.5. The molecule has 11 rings (SSSR count). The number of H-pyrrole nitrogens is 1. The Morgan fingerprint density at radius 1 is 0.429 bits per heavy atom. The minimum atomic E-state index is 0.730. The standard InChI is InChI=1S/C46H26ClNO/c47-28-19-15-26(16-20-28)39-25-40(36-10-5-9-35-30-7-1-3-13-41(30)48-45(35)36)34-22-18-27-17-21-29(32-23-24-33(39)44(34)43(27)32)37-11-6-12-38-31-8-2-4-14-42(31)49-46(37)38/h1-25,48H. The first-order valence-electron chi connectivity index (χ1n) is 16.6. The van der Waals surface area contributed by atoms with E-state index >= 15 is 0 Å². The maximum absolute atomic E-state index is 6.54. The third-order valence-corrected chi connectivity index (χ3v) is 10.7. The van der Waals surface area contributed by atoms with E-state index in [4.69, 9.17) is 16.0 Å². The molecule has 49 heavy (non-hydrogen) atoms. The number of para-hydroxylation sites is 4. The van der Waals surface area contributed by atoms with Crippen LogP contribution in [0.3, 0.4) is 0 Å². The molecule has 0 saturated heterocycles. The summed E-state index contributed by atoms with van der Waals surface area (Å²) < 4.78 is 6.54. The number of halogens is 1. The van der Waals surface area contributed by atoms with Gasteiger partial charge in [0.1, 0.15) is 11.2 Å². The second kappa shape index (κ2) is 9.96. The van der Waals surface area contributed by atoms with Crippen LogP contribution in [-0.2, 0) is 0 Å². The fourth-order valence-corrected chi connectivity index (χ4v) is 8.41.